The monoisotopic (exact) mass is 260 g/mol. The van der Waals surface area contributed by atoms with Crippen molar-refractivity contribution in [2.45, 2.75) is 18.9 Å². The molecular formula is C12H12N4O3. The number of carbonyl (C=O) groups is 2. The molecule has 2 heterocycles. The normalized spacial score (nSPS) is 19.4. The van der Waals surface area contributed by atoms with E-state index in [-0.39, 0.29) is 17.5 Å². The maximum Gasteiger partial charge on any atom is 0.338 e. The second kappa shape index (κ2) is 4.34. The number of hydrogen-bond donors (Lipinski definition) is 2. The molecular weight excluding hydrogens is 248 g/mol. The van der Waals surface area contributed by atoms with Gasteiger partial charge in [0.15, 0.2) is 0 Å². The minimum absolute atomic E-state index is 0.0201. The second-order valence-corrected chi connectivity index (χ2v) is 4.51. The number of rotatable bonds is 2. The molecule has 0 spiro atoms. The predicted octanol–water partition coefficient (Wildman–Crippen LogP) is 0.581. The highest BCUT2D eigenvalue weighted by Crippen LogP contribution is 2.23. The van der Waals surface area contributed by atoms with Crippen LogP contribution in [-0.4, -0.2) is 38.5 Å². The average molecular weight is 260 g/mol. The Balaban J connectivity index is 2.04. The fourth-order valence-electron chi connectivity index (χ4n) is 2.33. The van der Waals surface area contributed by atoms with E-state index < -0.39 is 5.97 Å². The molecule has 3 rings (SSSR count). The van der Waals surface area contributed by atoms with Gasteiger partial charge in [-0.15, -0.1) is 5.10 Å². The van der Waals surface area contributed by atoms with E-state index in [1.54, 1.807) is 16.8 Å². The topological polar surface area (TPSA) is 97.1 Å². The van der Waals surface area contributed by atoms with Crippen LogP contribution in [0.5, 0.6) is 0 Å². The SMILES string of the molecule is O=C1CCC(n2nnc3c(C(=O)O)cccc32)CN1. The fourth-order valence-corrected chi connectivity index (χ4v) is 2.33. The number of carbonyl (C=O) groups excluding carboxylic acids is 1. The molecule has 1 unspecified atom stereocenters. The van der Waals surface area contributed by atoms with Crippen LogP contribution in [0.25, 0.3) is 11.0 Å². The van der Waals surface area contributed by atoms with Crippen LogP contribution >= 0.6 is 0 Å². The Morgan fingerprint density at radius 3 is 3.00 bits per heavy atom. The van der Waals surface area contributed by atoms with Crippen LogP contribution in [-0.2, 0) is 4.79 Å². The number of nitrogens with zero attached hydrogens (tertiary/aromatic N) is 3. The highest BCUT2D eigenvalue weighted by molar-refractivity contribution is 6.00. The number of nitrogens with one attached hydrogen (secondary N) is 1. The molecule has 1 aliphatic rings. The van der Waals surface area contributed by atoms with E-state index >= 15 is 0 Å². The lowest BCUT2D eigenvalue weighted by Gasteiger charge is -2.22. The Morgan fingerprint density at radius 1 is 1.47 bits per heavy atom. The fraction of sp³-hybridized carbons (Fsp3) is 0.333. The Bertz CT molecular complexity index is 654. The standard InChI is InChI=1S/C12H12N4O3/c17-10-5-4-7(6-13-10)16-9-3-1-2-8(12(18)19)11(9)14-15-16/h1-3,7H,4-6H2,(H,13,17)(H,18,19). The highest BCUT2D eigenvalue weighted by Gasteiger charge is 2.23. The Kier molecular flexibility index (Phi) is 2.66. The summed E-state index contributed by atoms with van der Waals surface area (Å²) in [5.74, 6) is -0.985. The Morgan fingerprint density at radius 2 is 2.32 bits per heavy atom. The summed E-state index contributed by atoms with van der Waals surface area (Å²) in [4.78, 5) is 22.3. The molecule has 1 fully saturated rings. The number of fused-ring (bicyclic) bond motifs is 1. The molecule has 1 saturated heterocycles. The third-order valence-corrected chi connectivity index (χ3v) is 3.32. The van der Waals surface area contributed by atoms with Gasteiger partial charge < -0.3 is 10.4 Å². The second-order valence-electron chi connectivity index (χ2n) is 4.51. The van der Waals surface area contributed by atoms with Crippen molar-refractivity contribution in [3.8, 4) is 0 Å². The zero-order valence-corrected chi connectivity index (χ0v) is 10.0. The number of aromatic carboxylic acids is 1. The first-order chi connectivity index (χ1) is 9.16. The Labute approximate surface area is 108 Å². The minimum Gasteiger partial charge on any atom is -0.478 e. The smallest absolute Gasteiger partial charge is 0.338 e. The van der Waals surface area contributed by atoms with Gasteiger partial charge in [-0.1, -0.05) is 11.3 Å². The molecule has 7 nitrogen and oxygen atoms in total. The van der Waals surface area contributed by atoms with Crippen molar-refractivity contribution in [1.29, 1.82) is 0 Å². The molecule has 1 amide bonds. The molecule has 2 N–H and O–H groups in total. The highest BCUT2D eigenvalue weighted by atomic mass is 16.4. The van der Waals surface area contributed by atoms with E-state index in [9.17, 15) is 9.59 Å². The molecule has 1 aromatic heterocycles. The molecule has 2 aromatic rings. The van der Waals surface area contributed by atoms with E-state index in [0.29, 0.717) is 30.4 Å². The van der Waals surface area contributed by atoms with Gasteiger partial charge in [0.1, 0.15) is 5.52 Å². The molecule has 19 heavy (non-hydrogen) atoms. The number of carboxylic acids is 1. The van der Waals surface area contributed by atoms with Gasteiger partial charge >= 0.3 is 5.97 Å². The third-order valence-electron chi connectivity index (χ3n) is 3.32. The van der Waals surface area contributed by atoms with Gasteiger partial charge in [0, 0.05) is 13.0 Å². The summed E-state index contributed by atoms with van der Waals surface area (Å²) in [6.45, 7) is 0.495. The van der Waals surface area contributed by atoms with Crippen molar-refractivity contribution < 1.29 is 14.7 Å². The molecule has 0 saturated carbocycles. The molecule has 7 heteroatoms. The molecule has 1 aliphatic heterocycles. The molecule has 1 atom stereocenters. The molecule has 1 aromatic carbocycles. The van der Waals surface area contributed by atoms with Crippen LogP contribution in [0.15, 0.2) is 18.2 Å². The minimum atomic E-state index is -1.02. The van der Waals surface area contributed by atoms with Crippen molar-refractivity contribution in [2.75, 3.05) is 6.54 Å². The van der Waals surface area contributed by atoms with E-state index in [1.807, 2.05) is 0 Å². The van der Waals surface area contributed by atoms with E-state index in [2.05, 4.69) is 15.6 Å². The van der Waals surface area contributed by atoms with Crippen LogP contribution in [0, 0.1) is 0 Å². The van der Waals surface area contributed by atoms with Crippen LogP contribution in [0.3, 0.4) is 0 Å². The van der Waals surface area contributed by atoms with Gasteiger partial charge in [-0.25, -0.2) is 9.48 Å². The van der Waals surface area contributed by atoms with Crippen LogP contribution in [0.2, 0.25) is 0 Å². The van der Waals surface area contributed by atoms with Crippen LogP contribution in [0.4, 0.5) is 0 Å². The lowest BCUT2D eigenvalue weighted by molar-refractivity contribution is -0.122. The first kappa shape index (κ1) is 11.6. The molecule has 0 radical (unpaired) electrons. The number of aromatic nitrogens is 3. The summed E-state index contributed by atoms with van der Waals surface area (Å²) in [5.41, 5.74) is 1.21. The molecule has 0 bridgehead atoms. The van der Waals surface area contributed by atoms with Crippen molar-refractivity contribution in [2.24, 2.45) is 0 Å². The zero-order chi connectivity index (χ0) is 13.4. The van der Waals surface area contributed by atoms with E-state index in [0.717, 1.165) is 0 Å². The van der Waals surface area contributed by atoms with Gasteiger partial charge in [-0.3, -0.25) is 4.79 Å². The molecule has 98 valence electrons. The first-order valence-corrected chi connectivity index (χ1v) is 6.00. The summed E-state index contributed by atoms with van der Waals surface area (Å²) in [7, 11) is 0. The third kappa shape index (κ3) is 1.92. The summed E-state index contributed by atoms with van der Waals surface area (Å²) in [6.07, 6.45) is 1.13. The van der Waals surface area contributed by atoms with Gasteiger partial charge in [-0.05, 0) is 18.6 Å². The van der Waals surface area contributed by atoms with Crippen molar-refractivity contribution >= 4 is 22.9 Å². The lowest BCUT2D eigenvalue weighted by Crippen LogP contribution is -2.36. The van der Waals surface area contributed by atoms with E-state index in [1.165, 1.54) is 6.07 Å². The van der Waals surface area contributed by atoms with Gasteiger partial charge in [-0.2, -0.15) is 0 Å². The summed E-state index contributed by atoms with van der Waals surface area (Å²) < 4.78 is 1.70. The summed E-state index contributed by atoms with van der Waals surface area (Å²) in [5, 5.41) is 19.9. The van der Waals surface area contributed by atoms with Gasteiger partial charge in [0.05, 0.1) is 17.1 Å². The molecule has 0 aliphatic carbocycles. The van der Waals surface area contributed by atoms with E-state index in [4.69, 9.17) is 5.11 Å². The Hall–Kier alpha value is -2.44. The van der Waals surface area contributed by atoms with Gasteiger partial charge in [0.25, 0.3) is 0 Å². The van der Waals surface area contributed by atoms with Crippen molar-refractivity contribution in [3.05, 3.63) is 23.8 Å². The first-order valence-electron chi connectivity index (χ1n) is 6.00. The largest absolute Gasteiger partial charge is 0.478 e. The lowest BCUT2D eigenvalue weighted by atomic mass is 10.1. The number of carboxylic acid groups (broad SMARTS) is 1. The van der Waals surface area contributed by atoms with Crippen LogP contribution < -0.4 is 5.32 Å². The average Bonchev–Trinajstić information content (AvgIpc) is 2.83. The van der Waals surface area contributed by atoms with Crippen LogP contribution in [0.1, 0.15) is 29.2 Å². The summed E-state index contributed by atoms with van der Waals surface area (Å²) in [6, 6.07) is 4.99. The number of hydrogen-bond acceptors (Lipinski definition) is 4. The summed E-state index contributed by atoms with van der Waals surface area (Å²) >= 11 is 0. The zero-order valence-electron chi connectivity index (χ0n) is 10.0. The number of benzene rings is 1. The number of piperidine rings is 1. The van der Waals surface area contributed by atoms with Gasteiger partial charge in [0.2, 0.25) is 5.91 Å². The van der Waals surface area contributed by atoms with Crippen molar-refractivity contribution in [3.63, 3.8) is 0 Å². The maximum absolute atomic E-state index is 11.2. The number of amides is 1. The maximum atomic E-state index is 11.2. The predicted molar refractivity (Wildman–Crippen MR) is 65.8 cm³/mol. The van der Waals surface area contributed by atoms with Crippen molar-refractivity contribution in [1.82, 2.24) is 20.3 Å². The quantitative estimate of drug-likeness (QED) is 0.823.